The van der Waals surface area contributed by atoms with Gasteiger partial charge in [0.2, 0.25) is 0 Å². The fraction of sp³-hybridized carbons (Fsp3) is 0.333. The van der Waals surface area contributed by atoms with Crippen molar-refractivity contribution in [2.75, 3.05) is 19.9 Å². The van der Waals surface area contributed by atoms with Crippen LogP contribution in [0.3, 0.4) is 0 Å². The summed E-state index contributed by atoms with van der Waals surface area (Å²) in [6, 6.07) is 5.70. The van der Waals surface area contributed by atoms with Gasteiger partial charge in [0.05, 0.1) is 7.11 Å². The Morgan fingerprint density at radius 1 is 1.42 bits per heavy atom. The zero-order chi connectivity index (χ0) is 8.97. The Balaban J connectivity index is 2.90. The molecule has 0 heterocycles. The third kappa shape index (κ3) is 2.13. The molecule has 0 saturated heterocycles. The molecule has 0 saturated carbocycles. The zero-order valence-electron chi connectivity index (χ0n) is 7.42. The molecule has 0 aliphatic carbocycles. The highest BCUT2D eigenvalue weighted by Crippen LogP contribution is 2.17. The van der Waals surface area contributed by atoms with Crippen molar-refractivity contribution in [3.8, 4) is 5.75 Å². The summed E-state index contributed by atoms with van der Waals surface area (Å²) in [6.07, 6.45) is 0. The average molecular weight is 166 g/mol. The maximum absolute atomic E-state index is 5.66. The molecule has 0 aromatic heterocycles. The summed E-state index contributed by atoms with van der Waals surface area (Å²) in [5, 5.41) is 3.05. The lowest BCUT2D eigenvalue weighted by atomic mass is 10.2. The van der Waals surface area contributed by atoms with E-state index in [-0.39, 0.29) is 0 Å². The van der Waals surface area contributed by atoms with Crippen molar-refractivity contribution < 1.29 is 4.74 Å². The number of nitrogens with one attached hydrogen (secondary N) is 1. The first kappa shape index (κ1) is 8.87. The standard InChI is InChI=1S/C9H14N2O/c1-11-6-7-3-8(10)5-9(4-7)12-2/h3-5,11H,6,10H2,1-2H3. The molecule has 1 rings (SSSR count). The van der Waals surface area contributed by atoms with Crippen molar-refractivity contribution in [2.24, 2.45) is 0 Å². The Bertz CT molecular complexity index is 261. The minimum Gasteiger partial charge on any atom is -0.497 e. The molecule has 0 bridgehead atoms. The van der Waals surface area contributed by atoms with E-state index in [4.69, 9.17) is 10.5 Å². The summed E-state index contributed by atoms with van der Waals surface area (Å²) in [7, 11) is 3.54. The van der Waals surface area contributed by atoms with Crippen LogP contribution in [0.4, 0.5) is 5.69 Å². The van der Waals surface area contributed by atoms with Crippen LogP contribution < -0.4 is 15.8 Å². The number of nitrogen functional groups attached to an aromatic ring is 1. The molecular formula is C9H14N2O. The topological polar surface area (TPSA) is 47.3 Å². The van der Waals surface area contributed by atoms with Crippen molar-refractivity contribution in [2.45, 2.75) is 6.54 Å². The number of hydrogen-bond acceptors (Lipinski definition) is 3. The molecule has 0 atom stereocenters. The maximum Gasteiger partial charge on any atom is 0.121 e. The van der Waals surface area contributed by atoms with Crippen molar-refractivity contribution in [3.63, 3.8) is 0 Å². The number of benzene rings is 1. The number of anilines is 1. The lowest BCUT2D eigenvalue weighted by molar-refractivity contribution is 0.414. The predicted octanol–water partition coefficient (Wildman–Crippen LogP) is 0.997. The lowest BCUT2D eigenvalue weighted by Gasteiger charge is -2.05. The van der Waals surface area contributed by atoms with Gasteiger partial charge in [-0.1, -0.05) is 0 Å². The monoisotopic (exact) mass is 166 g/mol. The lowest BCUT2D eigenvalue weighted by Crippen LogP contribution is -2.05. The van der Waals surface area contributed by atoms with Gasteiger partial charge in [-0.15, -0.1) is 0 Å². The van der Waals surface area contributed by atoms with Crippen LogP contribution in [0.2, 0.25) is 0 Å². The number of hydrogen-bond donors (Lipinski definition) is 2. The first-order valence-electron chi connectivity index (χ1n) is 3.84. The molecule has 0 amide bonds. The molecular weight excluding hydrogens is 152 g/mol. The van der Waals surface area contributed by atoms with Gasteiger partial charge in [0.15, 0.2) is 0 Å². The van der Waals surface area contributed by atoms with E-state index in [1.807, 2.05) is 19.2 Å². The van der Waals surface area contributed by atoms with Gasteiger partial charge in [0, 0.05) is 18.3 Å². The van der Waals surface area contributed by atoms with Crippen LogP contribution in [0, 0.1) is 0 Å². The van der Waals surface area contributed by atoms with Crippen LogP contribution in [0.25, 0.3) is 0 Å². The molecule has 0 spiro atoms. The number of ether oxygens (including phenoxy) is 1. The van der Waals surface area contributed by atoms with E-state index in [1.54, 1.807) is 13.2 Å². The van der Waals surface area contributed by atoms with E-state index in [1.165, 1.54) is 0 Å². The molecule has 0 aliphatic rings. The van der Waals surface area contributed by atoms with Gasteiger partial charge in [-0.3, -0.25) is 0 Å². The Labute approximate surface area is 72.5 Å². The second kappa shape index (κ2) is 3.97. The van der Waals surface area contributed by atoms with E-state index in [0.29, 0.717) is 0 Å². The highest BCUT2D eigenvalue weighted by atomic mass is 16.5. The van der Waals surface area contributed by atoms with Gasteiger partial charge in [0.25, 0.3) is 0 Å². The van der Waals surface area contributed by atoms with Gasteiger partial charge in [-0.05, 0) is 24.7 Å². The average Bonchev–Trinajstić information content (AvgIpc) is 2.04. The number of nitrogens with two attached hydrogens (primary N) is 1. The first-order valence-corrected chi connectivity index (χ1v) is 3.84. The SMILES string of the molecule is CNCc1cc(N)cc(OC)c1. The van der Waals surface area contributed by atoms with Crippen LogP contribution in [0.1, 0.15) is 5.56 Å². The molecule has 0 radical (unpaired) electrons. The molecule has 1 aromatic carbocycles. The quantitative estimate of drug-likeness (QED) is 0.658. The molecule has 1 aromatic rings. The summed E-state index contributed by atoms with van der Waals surface area (Å²) < 4.78 is 5.07. The van der Waals surface area contributed by atoms with E-state index < -0.39 is 0 Å². The summed E-state index contributed by atoms with van der Waals surface area (Å²) in [6.45, 7) is 0.807. The van der Waals surface area contributed by atoms with E-state index in [2.05, 4.69) is 5.32 Å². The molecule has 3 N–H and O–H groups in total. The molecule has 0 aliphatic heterocycles. The molecule has 3 heteroatoms. The molecule has 66 valence electrons. The largest absolute Gasteiger partial charge is 0.497 e. The van der Waals surface area contributed by atoms with Crippen molar-refractivity contribution >= 4 is 5.69 Å². The Hall–Kier alpha value is -1.22. The number of rotatable bonds is 3. The van der Waals surface area contributed by atoms with Gasteiger partial charge in [-0.2, -0.15) is 0 Å². The summed E-state index contributed by atoms with van der Waals surface area (Å²) in [5.74, 6) is 0.806. The van der Waals surface area contributed by atoms with Gasteiger partial charge in [-0.25, -0.2) is 0 Å². The van der Waals surface area contributed by atoms with E-state index in [9.17, 15) is 0 Å². The van der Waals surface area contributed by atoms with Gasteiger partial charge in [0.1, 0.15) is 5.75 Å². The normalized spacial score (nSPS) is 9.83. The second-order valence-electron chi connectivity index (χ2n) is 2.64. The molecule has 0 fully saturated rings. The molecule has 12 heavy (non-hydrogen) atoms. The maximum atomic E-state index is 5.66. The van der Waals surface area contributed by atoms with Crippen LogP contribution in [-0.2, 0) is 6.54 Å². The van der Waals surface area contributed by atoms with Crippen LogP contribution in [0.5, 0.6) is 5.75 Å². The predicted molar refractivity (Wildman–Crippen MR) is 50.2 cm³/mol. The molecule has 0 unspecified atom stereocenters. The summed E-state index contributed by atoms with van der Waals surface area (Å²) in [5.41, 5.74) is 7.53. The van der Waals surface area contributed by atoms with Crippen LogP contribution in [0.15, 0.2) is 18.2 Å². The summed E-state index contributed by atoms with van der Waals surface area (Å²) >= 11 is 0. The van der Waals surface area contributed by atoms with Crippen LogP contribution >= 0.6 is 0 Å². The molecule has 3 nitrogen and oxygen atoms in total. The Morgan fingerprint density at radius 3 is 2.75 bits per heavy atom. The van der Waals surface area contributed by atoms with E-state index >= 15 is 0 Å². The van der Waals surface area contributed by atoms with Crippen molar-refractivity contribution in [1.82, 2.24) is 5.32 Å². The summed E-state index contributed by atoms with van der Waals surface area (Å²) in [4.78, 5) is 0. The van der Waals surface area contributed by atoms with Gasteiger partial charge >= 0.3 is 0 Å². The Morgan fingerprint density at radius 2 is 2.17 bits per heavy atom. The zero-order valence-corrected chi connectivity index (χ0v) is 7.42. The fourth-order valence-corrected chi connectivity index (χ4v) is 1.11. The highest BCUT2D eigenvalue weighted by molar-refractivity contribution is 5.47. The number of methoxy groups -OCH3 is 1. The Kier molecular flexibility index (Phi) is 2.94. The highest BCUT2D eigenvalue weighted by Gasteiger charge is 1.97. The third-order valence-electron chi connectivity index (χ3n) is 1.61. The van der Waals surface area contributed by atoms with E-state index in [0.717, 1.165) is 23.5 Å². The fourth-order valence-electron chi connectivity index (χ4n) is 1.11. The smallest absolute Gasteiger partial charge is 0.121 e. The minimum absolute atomic E-state index is 0.736. The third-order valence-corrected chi connectivity index (χ3v) is 1.61. The van der Waals surface area contributed by atoms with Gasteiger partial charge < -0.3 is 15.8 Å². The van der Waals surface area contributed by atoms with Crippen molar-refractivity contribution in [1.29, 1.82) is 0 Å². The minimum atomic E-state index is 0.736. The first-order chi connectivity index (χ1) is 5.76. The van der Waals surface area contributed by atoms with Crippen LogP contribution in [-0.4, -0.2) is 14.2 Å². The van der Waals surface area contributed by atoms with Crippen molar-refractivity contribution in [3.05, 3.63) is 23.8 Å². The second-order valence-corrected chi connectivity index (χ2v) is 2.64.